The highest BCUT2D eigenvalue weighted by molar-refractivity contribution is 5.93. The van der Waals surface area contributed by atoms with Gasteiger partial charge in [0, 0.05) is 30.7 Å². The van der Waals surface area contributed by atoms with Gasteiger partial charge in [0.15, 0.2) is 11.5 Å². The normalized spacial score (nSPS) is 17.3. The minimum atomic E-state index is -4.60. The Kier molecular flexibility index (Phi) is 6.86. The number of hydrogen-bond acceptors (Lipinski definition) is 7. The molecule has 40 heavy (non-hydrogen) atoms. The minimum absolute atomic E-state index is 0.00532. The summed E-state index contributed by atoms with van der Waals surface area (Å²) in [5.41, 5.74) is 0.370. The summed E-state index contributed by atoms with van der Waals surface area (Å²) in [5, 5.41) is 20.9. The Labute approximate surface area is 226 Å². The molecule has 1 aromatic carbocycles. The van der Waals surface area contributed by atoms with Gasteiger partial charge in [-0.3, -0.25) is 9.30 Å². The fraction of sp³-hybridized carbons (Fsp3) is 0.370. The van der Waals surface area contributed by atoms with Gasteiger partial charge >= 0.3 is 18.2 Å². The molecule has 4 aromatic rings. The Balaban J connectivity index is 1.45. The Morgan fingerprint density at radius 2 is 1.85 bits per heavy atom. The molecule has 0 spiro atoms. The third-order valence-corrected chi connectivity index (χ3v) is 6.52. The predicted octanol–water partition coefficient (Wildman–Crippen LogP) is 4.85. The van der Waals surface area contributed by atoms with Crippen molar-refractivity contribution in [3.05, 3.63) is 59.8 Å². The van der Waals surface area contributed by atoms with E-state index < -0.39 is 35.9 Å². The van der Waals surface area contributed by atoms with Gasteiger partial charge in [0.2, 0.25) is 0 Å². The van der Waals surface area contributed by atoms with E-state index in [4.69, 9.17) is 4.74 Å². The summed E-state index contributed by atoms with van der Waals surface area (Å²) in [5.74, 6) is -0.887. The van der Waals surface area contributed by atoms with Crippen LogP contribution in [0.25, 0.3) is 28.1 Å². The van der Waals surface area contributed by atoms with Crippen molar-refractivity contribution < 1.29 is 32.6 Å². The maximum atomic E-state index is 14.4. The second kappa shape index (κ2) is 10.0. The molecule has 1 aliphatic heterocycles. The maximum Gasteiger partial charge on any atom is 0.408 e. The van der Waals surface area contributed by atoms with E-state index >= 15 is 0 Å². The number of carbonyl (C=O) groups is 2. The molecule has 1 fully saturated rings. The molecule has 1 amide bonds. The second-order valence-electron chi connectivity index (χ2n) is 10.7. The summed E-state index contributed by atoms with van der Waals surface area (Å²) in [4.78, 5) is 29.3. The van der Waals surface area contributed by atoms with Crippen molar-refractivity contribution in [1.82, 2.24) is 29.8 Å². The number of ether oxygens (including phenoxy) is 1. The van der Waals surface area contributed by atoms with Crippen molar-refractivity contribution in [3.8, 4) is 11.5 Å². The number of alkyl halides is 3. The molecular formula is C27H27F3N6O4. The first-order valence-electron chi connectivity index (χ1n) is 12.6. The maximum absolute atomic E-state index is 14.4. The number of fused-ring (bicyclic) bond motifs is 2. The smallest absolute Gasteiger partial charge is 0.408 e. The molecule has 10 nitrogen and oxygen atoms in total. The van der Waals surface area contributed by atoms with E-state index in [1.165, 1.54) is 39.8 Å². The van der Waals surface area contributed by atoms with Gasteiger partial charge in [0.1, 0.15) is 17.3 Å². The van der Waals surface area contributed by atoms with Crippen LogP contribution in [-0.2, 0) is 4.74 Å². The number of aromatic nitrogens is 4. The molecule has 0 radical (unpaired) electrons. The number of benzene rings is 1. The van der Waals surface area contributed by atoms with Crippen molar-refractivity contribution in [3.63, 3.8) is 0 Å². The number of carbonyl (C=O) groups excluding carboxylic acids is 1. The molecule has 4 heterocycles. The summed E-state index contributed by atoms with van der Waals surface area (Å²) in [7, 11) is 0. The second-order valence-corrected chi connectivity index (χ2v) is 10.7. The van der Waals surface area contributed by atoms with E-state index in [1.807, 2.05) is 0 Å². The van der Waals surface area contributed by atoms with Crippen LogP contribution in [0, 0.1) is 0 Å². The Bertz CT molecular complexity index is 1600. The average Bonchev–Trinajstić information content (AvgIpc) is 3.48. The highest BCUT2D eigenvalue weighted by atomic mass is 19.4. The largest absolute Gasteiger partial charge is 0.478 e. The van der Waals surface area contributed by atoms with Crippen LogP contribution in [-0.4, -0.2) is 72.6 Å². The molecule has 0 saturated carbocycles. The van der Waals surface area contributed by atoms with E-state index in [0.717, 1.165) is 0 Å². The van der Waals surface area contributed by atoms with Crippen LogP contribution in [0.3, 0.4) is 0 Å². The van der Waals surface area contributed by atoms with E-state index in [1.54, 1.807) is 39.0 Å². The van der Waals surface area contributed by atoms with Crippen molar-refractivity contribution in [2.75, 3.05) is 13.1 Å². The molecule has 2 atom stereocenters. The molecular weight excluding hydrogens is 529 g/mol. The predicted molar refractivity (Wildman–Crippen MR) is 139 cm³/mol. The van der Waals surface area contributed by atoms with Gasteiger partial charge in [0.05, 0.1) is 11.1 Å². The zero-order valence-corrected chi connectivity index (χ0v) is 21.9. The van der Waals surface area contributed by atoms with Gasteiger partial charge in [-0.15, -0.1) is 10.2 Å². The number of nitrogens with one attached hydrogen (secondary N) is 1. The molecule has 0 aliphatic carbocycles. The van der Waals surface area contributed by atoms with Gasteiger partial charge in [-0.1, -0.05) is 18.2 Å². The van der Waals surface area contributed by atoms with Gasteiger partial charge in [-0.25, -0.2) is 14.6 Å². The molecule has 210 valence electrons. The monoisotopic (exact) mass is 556 g/mol. The minimum Gasteiger partial charge on any atom is -0.478 e. The molecule has 1 aliphatic rings. The number of carboxylic acid groups (broad SMARTS) is 1. The molecule has 13 heteroatoms. The lowest BCUT2D eigenvalue weighted by molar-refractivity contribution is -0.184. The standard InChI is InChI=1S/C27H27F3N6O4/c1-26(2,3)40-25(39)31-18-10-11-35(14-18)22(27(28,29)30)17-7-9-21-33-34-23(36(21)13-17)19-8-6-15-4-5-16(24(37)38)12-20(15)32-19/h4-9,12-13,18,22H,10-11,14H2,1-3H3,(H,31,39)(H,37,38)/t18-,22+/m1/s1. The molecule has 0 bridgehead atoms. The number of alkyl carbamates (subject to hydrolysis) is 1. The van der Waals surface area contributed by atoms with Gasteiger partial charge in [-0.2, -0.15) is 13.2 Å². The number of halogens is 3. The van der Waals surface area contributed by atoms with E-state index in [9.17, 15) is 27.9 Å². The van der Waals surface area contributed by atoms with Crippen molar-refractivity contribution >= 4 is 28.6 Å². The Morgan fingerprint density at radius 1 is 1.10 bits per heavy atom. The SMILES string of the molecule is CC(C)(C)OC(=O)N[C@@H]1CCN([C@@H](c2ccc3nnc(-c4ccc5ccc(C(=O)O)cc5n4)n3c2)C(F)(F)F)C1. The average molecular weight is 557 g/mol. The number of aromatic carboxylic acids is 1. The van der Waals surface area contributed by atoms with Gasteiger partial charge < -0.3 is 15.2 Å². The molecule has 0 unspecified atom stereocenters. The molecule has 2 N–H and O–H groups in total. The van der Waals surface area contributed by atoms with Crippen LogP contribution in [0.4, 0.5) is 18.0 Å². The van der Waals surface area contributed by atoms with Crippen molar-refractivity contribution in [1.29, 1.82) is 0 Å². The summed E-state index contributed by atoms with van der Waals surface area (Å²) < 4.78 is 50.0. The number of amides is 1. The zero-order valence-electron chi connectivity index (χ0n) is 21.9. The fourth-order valence-electron chi connectivity index (χ4n) is 4.84. The summed E-state index contributed by atoms with van der Waals surface area (Å²) in [6.45, 7) is 5.25. The van der Waals surface area contributed by atoms with Crippen LogP contribution >= 0.6 is 0 Å². The number of hydrogen-bond donors (Lipinski definition) is 2. The first-order chi connectivity index (χ1) is 18.8. The first-order valence-corrected chi connectivity index (χ1v) is 12.6. The highest BCUT2D eigenvalue weighted by Crippen LogP contribution is 2.40. The molecule has 1 saturated heterocycles. The zero-order chi connectivity index (χ0) is 28.8. The van der Waals surface area contributed by atoms with Crippen LogP contribution < -0.4 is 5.32 Å². The van der Waals surface area contributed by atoms with Crippen LogP contribution in [0.5, 0.6) is 0 Å². The fourth-order valence-corrected chi connectivity index (χ4v) is 4.84. The van der Waals surface area contributed by atoms with Crippen LogP contribution in [0.15, 0.2) is 48.7 Å². The summed E-state index contributed by atoms with van der Waals surface area (Å²) >= 11 is 0. The lowest BCUT2D eigenvalue weighted by Crippen LogP contribution is -2.42. The summed E-state index contributed by atoms with van der Waals surface area (Å²) in [6.07, 6.45) is -3.59. The lowest BCUT2D eigenvalue weighted by Gasteiger charge is -2.30. The summed E-state index contributed by atoms with van der Waals surface area (Å²) in [6, 6.07) is 8.30. The third-order valence-electron chi connectivity index (χ3n) is 6.52. The third kappa shape index (κ3) is 5.69. The Hall–Kier alpha value is -4.26. The number of carboxylic acids is 1. The number of pyridine rings is 2. The van der Waals surface area contributed by atoms with Crippen LogP contribution in [0.2, 0.25) is 0 Å². The van der Waals surface area contributed by atoms with Gasteiger partial charge in [-0.05, 0) is 57.0 Å². The van der Waals surface area contributed by atoms with Crippen molar-refractivity contribution in [2.24, 2.45) is 0 Å². The first kappa shape index (κ1) is 27.3. The number of nitrogens with zero attached hydrogens (tertiary/aromatic N) is 5. The quantitative estimate of drug-likeness (QED) is 0.358. The van der Waals surface area contributed by atoms with Crippen LogP contribution in [0.1, 0.15) is 49.2 Å². The van der Waals surface area contributed by atoms with E-state index in [-0.39, 0.29) is 30.0 Å². The molecule has 3 aromatic heterocycles. The van der Waals surface area contributed by atoms with E-state index in [2.05, 4.69) is 20.5 Å². The van der Waals surface area contributed by atoms with E-state index in [0.29, 0.717) is 28.7 Å². The number of rotatable bonds is 5. The Morgan fingerprint density at radius 3 is 2.55 bits per heavy atom. The highest BCUT2D eigenvalue weighted by Gasteiger charge is 2.47. The van der Waals surface area contributed by atoms with Gasteiger partial charge in [0.25, 0.3) is 0 Å². The molecule has 5 rings (SSSR count). The van der Waals surface area contributed by atoms with Crippen molar-refractivity contribution in [2.45, 2.75) is 51.1 Å². The number of likely N-dealkylation sites (tertiary alicyclic amines) is 1. The lowest BCUT2D eigenvalue weighted by atomic mass is 10.1. The topological polar surface area (TPSA) is 122 Å².